The Bertz CT molecular complexity index is 960. The SMILES string of the molecule is CCOC(=O)CC1=C(C(=O)OCC)[C@@H](c2ccc(OCC)c(OCC)c2)C(C#N)=C(N)O1. The Balaban J connectivity index is 2.69. The summed E-state index contributed by atoms with van der Waals surface area (Å²) in [5, 5.41) is 9.80. The highest BCUT2D eigenvalue weighted by Gasteiger charge is 2.38. The third kappa shape index (κ3) is 5.52. The first-order valence-corrected chi connectivity index (χ1v) is 10.4. The van der Waals surface area contributed by atoms with Crippen LogP contribution < -0.4 is 15.2 Å². The van der Waals surface area contributed by atoms with Crippen molar-refractivity contribution in [2.75, 3.05) is 26.4 Å². The molecule has 0 saturated carbocycles. The molecule has 0 aromatic heterocycles. The number of nitrogens with zero attached hydrogens (tertiary/aromatic N) is 1. The van der Waals surface area contributed by atoms with Crippen LogP contribution >= 0.6 is 0 Å². The zero-order chi connectivity index (χ0) is 23.7. The van der Waals surface area contributed by atoms with Crippen molar-refractivity contribution in [2.24, 2.45) is 5.73 Å². The molecule has 1 aromatic rings. The van der Waals surface area contributed by atoms with Crippen LogP contribution in [0.3, 0.4) is 0 Å². The van der Waals surface area contributed by atoms with Gasteiger partial charge in [0.2, 0.25) is 5.88 Å². The standard InChI is InChI=1S/C23H28N2O7/c1-5-28-16-10-9-14(11-17(16)29-6-2)20-15(13-24)22(25)32-18(12-19(26)30-7-3)21(20)23(27)31-8-4/h9-11,20H,5-8,12,25H2,1-4H3/t20-/m0/s1. The largest absolute Gasteiger partial charge is 0.490 e. The summed E-state index contributed by atoms with van der Waals surface area (Å²) in [6.45, 7) is 8.08. The molecule has 0 fully saturated rings. The van der Waals surface area contributed by atoms with E-state index in [-0.39, 0.29) is 42.4 Å². The highest BCUT2D eigenvalue weighted by molar-refractivity contribution is 5.93. The van der Waals surface area contributed by atoms with E-state index < -0.39 is 17.9 Å². The van der Waals surface area contributed by atoms with Crippen molar-refractivity contribution < 1.29 is 33.3 Å². The lowest BCUT2D eigenvalue weighted by atomic mass is 9.82. The molecule has 1 aliphatic heterocycles. The lowest BCUT2D eigenvalue weighted by Crippen LogP contribution is -2.27. The van der Waals surface area contributed by atoms with Gasteiger partial charge in [-0.15, -0.1) is 0 Å². The fourth-order valence-corrected chi connectivity index (χ4v) is 3.31. The number of carbonyl (C=O) groups excluding carboxylic acids is 2. The zero-order valence-electron chi connectivity index (χ0n) is 18.7. The van der Waals surface area contributed by atoms with E-state index in [2.05, 4.69) is 0 Å². The van der Waals surface area contributed by atoms with Crippen LogP contribution in [0, 0.1) is 11.3 Å². The van der Waals surface area contributed by atoms with Crippen molar-refractivity contribution in [3.05, 3.63) is 46.6 Å². The van der Waals surface area contributed by atoms with Crippen LogP contribution in [0.1, 0.15) is 45.6 Å². The van der Waals surface area contributed by atoms with E-state index in [0.29, 0.717) is 30.3 Å². The molecule has 1 heterocycles. The van der Waals surface area contributed by atoms with E-state index in [9.17, 15) is 14.9 Å². The van der Waals surface area contributed by atoms with E-state index >= 15 is 0 Å². The molecule has 2 rings (SSSR count). The fourth-order valence-electron chi connectivity index (χ4n) is 3.31. The van der Waals surface area contributed by atoms with E-state index in [0.717, 1.165) is 0 Å². The molecule has 0 amide bonds. The molecule has 0 saturated heterocycles. The molecule has 9 nitrogen and oxygen atoms in total. The van der Waals surface area contributed by atoms with Crippen LogP contribution in [0.15, 0.2) is 41.0 Å². The minimum absolute atomic E-state index is 0.0114. The smallest absolute Gasteiger partial charge is 0.338 e. The quantitative estimate of drug-likeness (QED) is 0.541. The highest BCUT2D eigenvalue weighted by Crippen LogP contribution is 2.43. The number of carbonyl (C=O) groups is 2. The van der Waals surface area contributed by atoms with Gasteiger partial charge in [-0.3, -0.25) is 4.79 Å². The predicted octanol–water partition coefficient (Wildman–Crippen LogP) is 3.06. The molecule has 0 radical (unpaired) electrons. The summed E-state index contributed by atoms with van der Waals surface area (Å²) in [6.07, 6.45) is -0.340. The number of hydrogen-bond acceptors (Lipinski definition) is 9. The first-order valence-electron chi connectivity index (χ1n) is 10.4. The Morgan fingerprint density at radius 3 is 2.28 bits per heavy atom. The van der Waals surface area contributed by atoms with Gasteiger partial charge in [-0.1, -0.05) is 6.07 Å². The summed E-state index contributed by atoms with van der Waals surface area (Å²) in [5.41, 5.74) is 6.57. The maximum atomic E-state index is 12.9. The zero-order valence-corrected chi connectivity index (χ0v) is 18.7. The first-order chi connectivity index (χ1) is 15.4. The van der Waals surface area contributed by atoms with Crippen molar-refractivity contribution in [3.8, 4) is 17.6 Å². The monoisotopic (exact) mass is 444 g/mol. The number of ether oxygens (including phenoxy) is 5. The van der Waals surface area contributed by atoms with Gasteiger partial charge >= 0.3 is 11.9 Å². The molecule has 2 N–H and O–H groups in total. The maximum Gasteiger partial charge on any atom is 0.338 e. The molecule has 172 valence electrons. The van der Waals surface area contributed by atoms with Gasteiger partial charge in [0.1, 0.15) is 23.8 Å². The number of benzene rings is 1. The minimum atomic E-state index is -0.924. The molecule has 1 aromatic carbocycles. The average molecular weight is 444 g/mol. The number of esters is 2. The molecule has 32 heavy (non-hydrogen) atoms. The Labute approximate surface area is 187 Å². The summed E-state index contributed by atoms with van der Waals surface area (Å²) in [5.74, 6) is -1.49. The molecule has 1 atom stereocenters. The first kappa shape index (κ1) is 24.6. The molecule has 0 spiro atoms. The molecular formula is C23H28N2O7. The van der Waals surface area contributed by atoms with Gasteiger partial charge in [0.15, 0.2) is 11.5 Å². The second kappa shape index (κ2) is 11.6. The van der Waals surface area contributed by atoms with Crippen molar-refractivity contribution in [3.63, 3.8) is 0 Å². The van der Waals surface area contributed by atoms with Crippen LogP contribution in [0.5, 0.6) is 11.5 Å². The molecule has 0 unspecified atom stereocenters. The minimum Gasteiger partial charge on any atom is -0.490 e. The molecule has 0 aliphatic carbocycles. The lowest BCUT2D eigenvalue weighted by Gasteiger charge is -2.28. The number of nitriles is 1. The third-order valence-electron chi connectivity index (χ3n) is 4.50. The Morgan fingerprint density at radius 2 is 1.69 bits per heavy atom. The predicted molar refractivity (Wildman–Crippen MR) is 114 cm³/mol. The summed E-state index contributed by atoms with van der Waals surface area (Å²) >= 11 is 0. The van der Waals surface area contributed by atoms with Gasteiger partial charge in [0.05, 0.1) is 37.9 Å². The maximum absolute atomic E-state index is 12.9. The highest BCUT2D eigenvalue weighted by atomic mass is 16.5. The molecular weight excluding hydrogens is 416 g/mol. The van der Waals surface area contributed by atoms with Gasteiger partial charge in [-0.2, -0.15) is 5.26 Å². The van der Waals surface area contributed by atoms with Crippen molar-refractivity contribution in [2.45, 2.75) is 40.0 Å². The van der Waals surface area contributed by atoms with Crippen molar-refractivity contribution in [1.82, 2.24) is 0 Å². The number of rotatable bonds is 10. The lowest BCUT2D eigenvalue weighted by molar-refractivity contribution is -0.143. The molecule has 0 bridgehead atoms. The van der Waals surface area contributed by atoms with Gasteiger partial charge < -0.3 is 29.4 Å². The van der Waals surface area contributed by atoms with Crippen molar-refractivity contribution in [1.29, 1.82) is 5.26 Å². The van der Waals surface area contributed by atoms with Gasteiger partial charge in [0, 0.05) is 0 Å². The van der Waals surface area contributed by atoms with Crippen LogP contribution in [-0.2, 0) is 23.8 Å². The summed E-state index contributed by atoms with van der Waals surface area (Å²) < 4.78 is 27.0. The average Bonchev–Trinajstić information content (AvgIpc) is 2.75. The van der Waals surface area contributed by atoms with E-state index in [1.54, 1.807) is 32.0 Å². The van der Waals surface area contributed by atoms with Gasteiger partial charge in [-0.25, -0.2) is 4.79 Å². The molecule has 1 aliphatic rings. The van der Waals surface area contributed by atoms with Gasteiger partial charge in [-0.05, 0) is 45.4 Å². The second-order valence-corrected chi connectivity index (χ2v) is 6.54. The van der Waals surface area contributed by atoms with Crippen LogP contribution in [0.2, 0.25) is 0 Å². The third-order valence-corrected chi connectivity index (χ3v) is 4.50. The number of hydrogen-bond donors (Lipinski definition) is 1. The van der Waals surface area contributed by atoms with E-state index in [1.165, 1.54) is 0 Å². The normalized spacial score (nSPS) is 15.5. The van der Waals surface area contributed by atoms with Crippen LogP contribution in [-0.4, -0.2) is 38.4 Å². The number of allylic oxidation sites excluding steroid dienone is 1. The fraction of sp³-hybridized carbons (Fsp3) is 0.435. The van der Waals surface area contributed by atoms with Crippen LogP contribution in [0.4, 0.5) is 0 Å². The summed E-state index contributed by atoms with van der Waals surface area (Å²) in [7, 11) is 0. The van der Waals surface area contributed by atoms with E-state index in [4.69, 9.17) is 29.4 Å². The summed E-state index contributed by atoms with van der Waals surface area (Å²) in [4.78, 5) is 25.1. The Kier molecular flexibility index (Phi) is 8.95. The Hall–Kier alpha value is -3.67. The number of nitrogens with two attached hydrogens (primary N) is 1. The molecule has 9 heteroatoms. The second-order valence-electron chi connectivity index (χ2n) is 6.54. The van der Waals surface area contributed by atoms with Crippen LogP contribution in [0.25, 0.3) is 0 Å². The van der Waals surface area contributed by atoms with Gasteiger partial charge in [0.25, 0.3) is 0 Å². The Morgan fingerprint density at radius 1 is 1.03 bits per heavy atom. The topological polar surface area (TPSA) is 130 Å². The summed E-state index contributed by atoms with van der Waals surface area (Å²) in [6, 6.07) is 7.09. The van der Waals surface area contributed by atoms with Crippen molar-refractivity contribution >= 4 is 11.9 Å². The van der Waals surface area contributed by atoms with E-state index in [1.807, 2.05) is 19.9 Å².